The highest BCUT2D eigenvalue weighted by molar-refractivity contribution is 5.21. The van der Waals surface area contributed by atoms with Crippen molar-refractivity contribution >= 4 is 0 Å². The summed E-state index contributed by atoms with van der Waals surface area (Å²) in [6, 6.07) is 3.81. The predicted octanol–water partition coefficient (Wildman–Crippen LogP) is 2.85. The van der Waals surface area contributed by atoms with Gasteiger partial charge < -0.3 is 9.67 Å². The van der Waals surface area contributed by atoms with E-state index < -0.39 is 17.7 Å². The Morgan fingerprint density at radius 2 is 2.16 bits per heavy atom. The fourth-order valence-corrected chi connectivity index (χ4v) is 2.02. The van der Waals surface area contributed by atoms with Crippen LogP contribution in [0.2, 0.25) is 0 Å². The van der Waals surface area contributed by atoms with Gasteiger partial charge in [-0.25, -0.2) is 13.8 Å². The van der Waals surface area contributed by atoms with Crippen molar-refractivity contribution in [2.24, 2.45) is 0 Å². The summed E-state index contributed by atoms with van der Waals surface area (Å²) in [5, 5.41) is 10.0. The molecule has 0 radical (unpaired) electrons. The smallest absolute Gasteiger partial charge is 0.164 e. The summed E-state index contributed by atoms with van der Waals surface area (Å²) in [4.78, 5) is 4.18. The van der Waals surface area contributed by atoms with Crippen molar-refractivity contribution in [3.05, 3.63) is 53.6 Å². The first-order valence-electron chi connectivity index (χ1n) is 6.25. The second-order valence-corrected chi connectivity index (χ2v) is 4.40. The van der Waals surface area contributed by atoms with Crippen LogP contribution in [-0.4, -0.2) is 14.7 Å². The summed E-state index contributed by atoms with van der Waals surface area (Å²) in [5.41, 5.74) is -0.0313. The number of aliphatic hydroxyl groups excluding tert-OH is 1. The van der Waals surface area contributed by atoms with Gasteiger partial charge in [-0.2, -0.15) is 0 Å². The molecule has 0 saturated heterocycles. The number of halogens is 2. The Balaban J connectivity index is 2.18. The minimum Gasteiger partial charge on any atom is -0.386 e. The highest BCUT2D eigenvalue weighted by Crippen LogP contribution is 2.21. The molecule has 0 spiro atoms. The number of aryl methyl sites for hydroxylation is 1. The van der Waals surface area contributed by atoms with Crippen LogP contribution < -0.4 is 0 Å². The van der Waals surface area contributed by atoms with Crippen molar-refractivity contribution in [1.82, 2.24) is 9.55 Å². The van der Waals surface area contributed by atoms with E-state index in [1.807, 2.05) is 6.92 Å². The molecule has 1 aromatic carbocycles. The van der Waals surface area contributed by atoms with E-state index in [1.165, 1.54) is 12.1 Å². The normalized spacial score (nSPS) is 12.6. The van der Waals surface area contributed by atoms with Gasteiger partial charge in [0.15, 0.2) is 11.6 Å². The number of hydrogen-bond acceptors (Lipinski definition) is 2. The molecular weight excluding hydrogens is 250 g/mol. The van der Waals surface area contributed by atoms with E-state index in [4.69, 9.17) is 0 Å². The number of nitrogens with zero attached hydrogens (tertiary/aromatic N) is 2. The lowest BCUT2D eigenvalue weighted by Gasteiger charge is -2.14. The van der Waals surface area contributed by atoms with E-state index >= 15 is 0 Å². The Morgan fingerprint density at radius 1 is 1.37 bits per heavy atom. The Labute approximate surface area is 110 Å². The average molecular weight is 266 g/mol. The van der Waals surface area contributed by atoms with Crippen LogP contribution in [-0.2, 0) is 13.0 Å². The molecule has 0 fully saturated rings. The van der Waals surface area contributed by atoms with Crippen molar-refractivity contribution in [2.45, 2.75) is 32.4 Å². The van der Waals surface area contributed by atoms with Crippen LogP contribution in [0.15, 0.2) is 30.6 Å². The molecular formula is C14H16F2N2O. The van der Waals surface area contributed by atoms with Crippen LogP contribution in [0.3, 0.4) is 0 Å². The predicted molar refractivity (Wildman–Crippen MR) is 67.5 cm³/mol. The second kappa shape index (κ2) is 5.93. The van der Waals surface area contributed by atoms with Crippen molar-refractivity contribution in [1.29, 1.82) is 0 Å². The van der Waals surface area contributed by atoms with Crippen LogP contribution in [0.4, 0.5) is 8.78 Å². The highest BCUT2D eigenvalue weighted by atomic mass is 19.2. The van der Waals surface area contributed by atoms with Crippen molar-refractivity contribution in [2.75, 3.05) is 0 Å². The molecule has 0 amide bonds. The SMILES string of the molecule is CCCc1nccn1CC(O)c1cccc(F)c1F. The van der Waals surface area contributed by atoms with Gasteiger partial charge in [0.1, 0.15) is 5.82 Å². The molecule has 19 heavy (non-hydrogen) atoms. The first-order valence-corrected chi connectivity index (χ1v) is 6.25. The lowest BCUT2D eigenvalue weighted by molar-refractivity contribution is 0.149. The van der Waals surface area contributed by atoms with Gasteiger partial charge in [0, 0.05) is 24.4 Å². The van der Waals surface area contributed by atoms with Crippen molar-refractivity contribution < 1.29 is 13.9 Å². The molecule has 5 heteroatoms. The Hall–Kier alpha value is -1.75. The number of imidazole rings is 1. The number of rotatable bonds is 5. The third kappa shape index (κ3) is 2.98. The first-order chi connectivity index (χ1) is 9.13. The van der Waals surface area contributed by atoms with E-state index in [0.29, 0.717) is 0 Å². The molecule has 3 nitrogen and oxygen atoms in total. The van der Waals surface area contributed by atoms with E-state index in [2.05, 4.69) is 4.98 Å². The van der Waals surface area contributed by atoms with Crippen molar-refractivity contribution in [3.8, 4) is 0 Å². The summed E-state index contributed by atoms with van der Waals surface area (Å²) in [6.07, 6.45) is 3.98. The van der Waals surface area contributed by atoms with Gasteiger partial charge >= 0.3 is 0 Å². The van der Waals surface area contributed by atoms with E-state index in [0.717, 1.165) is 24.7 Å². The topological polar surface area (TPSA) is 38.0 Å². The molecule has 0 aliphatic heterocycles. The molecule has 0 aliphatic carbocycles. The molecule has 102 valence electrons. The van der Waals surface area contributed by atoms with E-state index in [9.17, 15) is 13.9 Å². The molecule has 2 aromatic rings. The molecule has 1 atom stereocenters. The van der Waals surface area contributed by atoms with Crippen LogP contribution in [0.5, 0.6) is 0 Å². The summed E-state index contributed by atoms with van der Waals surface area (Å²) in [6.45, 7) is 2.19. The number of hydrogen-bond donors (Lipinski definition) is 1. The maximum Gasteiger partial charge on any atom is 0.164 e. The van der Waals surface area contributed by atoms with Crippen LogP contribution in [0.1, 0.15) is 30.8 Å². The minimum absolute atomic E-state index is 0.0313. The number of aliphatic hydroxyl groups is 1. The summed E-state index contributed by atoms with van der Waals surface area (Å²) >= 11 is 0. The van der Waals surface area contributed by atoms with Gasteiger partial charge in [0.2, 0.25) is 0 Å². The molecule has 0 saturated carbocycles. The summed E-state index contributed by atoms with van der Waals surface area (Å²) in [5.74, 6) is -1.11. The molecule has 1 heterocycles. The maximum atomic E-state index is 13.6. The molecule has 1 N–H and O–H groups in total. The van der Waals surface area contributed by atoms with E-state index in [-0.39, 0.29) is 12.1 Å². The van der Waals surface area contributed by atoms with Gasteiger partial charge in [0.25, 0.3) is 0 Å². The van der Waals surface area contributed by atoms with Crippen LogP contribution >= 0.6 is 0 Å². The van der Waals surface area contributed by atoms with Gasteiger partial charge in [-0.15, -0.1) is 0 Å². The number of benzene rings is 1. The van der Waals surface area contributed by atoms with Crippen molar-refractivity contribution in [3.63, 3.8) is 0 Å². The van der Waals surface area contributed by atoms with Crippen LogP contribution in [0.25, 0.3) is 0 Å². The molecule has 1 aromatic heterocycles. The zero-order chi connectivity index (χ0) is 13.8. The molecule has 1 unspecified atom stereocenters. The zero-order valence-corrected chi connectivity index (χ0v) is 10.7. The van der Waals surface area contributed by atoms with Crippen LogP contribution in [0, 0.1) is 11.6 Å². The van der Waals surface area contributed by atoms with Gasteiger partial charge in [-0.3, -0.25) is 0 Å². The first kappa shape index (κ1) is 13.7. The maximum absolute atomic E-state index is 13.6. The lowest BCUT2D eigenvalue weighted by Crippen LogP contribution is -2.12. The molecule has 0 aliphatic rings. The second-order valence-electron chi connectivity index (χ2n) is 4.40. The highest BCUT2D eigenvalue weighted by Gasteiger charge is 2.17. The third-order valence-electron chi connectivity index (χ3n) is 2.99. The Bertz CT molecular complexity index is 554. The standard InChI is InChI=1S/C14H16F2N2O/c1-2-4-13-17-7-8-18(13)9-12(19)10-5-3-6-11(15)14(10)16/h3,5-8,12,19H,2,4,9H2,1H3. The monoisotopic (exact) mass is 266 g/mol. The Morgan fingerprint density at radius 3 is 2.89 bits per heavy atom. The number of aromatic nitrogens is 2. The third-order valence-corrected chi connectivity index (χ3v) is 2.99. The fraction of sp³-hybridized carbons (Fsp3) is 0.357. The average Bonchev–Trinajstić information content (AvgIpc) is 2.80. The summed E-state index contributed by atoms with van der Waals surface area (Å²) < 4.78 is 28.4. The zero-order valence-electron chi connectivity index (χ0n) is 10.7. The minimum atomic E-state index is -1.10. The van der Waals surface area contributed by atoms with Gasteiger partial charge in [0.05, 0.1) is 12.6 Å². The molecule has 0 bridgehead atoms. The quantitative estimate of drug-likeness (QED) is 0.903. The Kier molecular flexibility index (Phi) is 4.27. The van der Waals surface area contributed by atoms with Gasteiger partial charge in [-0.05, 0) is 12.5 Å². The van der Waals surface area contributed by atoms with E-state index in [1.54, 1.807) is 17.0 Å². The molecule has 2 rings (SSSR count). The fourth-order valence-electron chi connectivity index (χ4n) is 2.02. The van der Waals surface area contributed by atoms with Gasteiger partial charge in [-0.1, -0.05) is 19.1 Å². The lowest BCUT2D eigenvalue weighted by atomic mass is 10.1. The summed E-state index contributed by atoms with van der Waals surface area (Å²) in [7, 11) is 0. The largest absolute Gasteiger partial charge is 0.386 e.